The van der Waals surface area contributed by atoms with Gasteiger partial charge in [0.2, 0.25) is 0 Å². The fourth-order valence-corrected chi connectivity index (χ4v) is 3.26. The summed E-state index contributed by atoms with van der Waals surface area (Å²) < 4.78 is 12.5. The molecule has 0 atom stereocenters. The molecule has 1 aromatic heterocycles. The van der Waals surface area contributed by atoms with Crippen LogP contribution in [-0.2, 0) is 22.5 Å². The van der Waals surface area contributed by atoms with Gasteiger partial charge in [-0.05, 0) is 44.5 Å². The van der Waals surface area contributed by atoms with Crippen molar-refractivity contribution in [2.45, 2.75) is 39.8 Å². The van der Waals surface area contributed by atoms with Crippen LogP contribution in [0.3, 0.4) is 0 Å². The number of benzene rings is 2. The monoisotopic (exact) mass is 377 g/mol. The number of ether oxygens (including phenoxy) is 2. The predicted molar refractivity (Wildman–Crippen MR) is 106 cm³/mol. The Labute approximate surface area is 164 Å². The number of carbonyl (C=O) groups excluding carboxylic acids is 1. The topological polar surface area (TPSA) is 77.1 Å². The van der Waals surface area contributed by atoms with E-state index >= 15 is 0 Å². The van der Waals surface area contributed by atoms with E-state index in [1.54, 1.807) is 19.2 Å². The zero-order valence-corrected chi connectivity index (χ0v) is 16.5. The van der Waals surface area contributed by atoms with Crippen molar-refractivity contribution in [1.82, 2.24) is 9.78 Å². The molecule has 0 saturated carbocycles. The highest BCUT2D eigenvalue weighted by atomic mass is 16.5. The van der Waals surface area contributed by atoms with Crippen LogP contribution in [0, 0.1) is 18.3 Å². The van der Waals surface area contributed by atoms with Gasteiger partial charge in [-0.15, -0.1) is 0 Å². The SMILES string of the molecule is COc1cccc(C#N)c1Cn1nc(C)c2ccc(CC(=O)OC(C)C)cc21. The van der Waals surface area contributed by atoms with E-state index in [0.29, 0.717) is 17.9 Å². The molecule has 0 radical (unpaired) electrons. The van der Waals surface area contributed by atoms with E-state index in [1.807, 2.05) is 49.7 Å². The van der Waals surface area contributed by atoms with Gasteiger partial charge in [-0.3, -0.25) is 9.48 Å². The lowest BCUT2D eigenvalue weighted by atomic mass is 10.1. The first-order valence-corrected chi connectivity index (χ1v) is 9.14. The molecular weight excluding hydrogens is 354 g/mol. The first-order valence-electron chi connectivity index (χ1n) is 9.14. The molecule has 0 aliphatic rings. The van der Waals surface area contributed by atoms with Crippen LogP contribution < -0.4 is 4.74 Å². The molecule has 2 aromatic carbocycles. The maximum absolute atomic E-state index is 12.0. The number of carbonyl (C=O) groups is 1. The number of nitriles is 1. The van der Waals surface area contributed by atoms with Gasteiger partial charge in [-0.2, -0.15) is 10.4 Å². The van der Waals surface area contributed by atoms with Crippen LogP contribution in [0.1, 0.15) is 36.2 Å². The van der Waals surface area contributed by atoms with Gasteiger partial charge in [0, 0.05) is 10.9 Å². The molecule has 0 aliphatic carbocycles. The zero-order valence-electron chi connectivity index (χ0n) is 16.5. The molecule has 6 nitrogen and oxygen atoms in total. The number of methoxy groups -OCH3 is 1. The molecule has 144 valence electrons. The van der Waals surface area contributed by atoms with E-state index in [2.05, 4.69) is 11.2 Å². The first-order chi connectivity index (χ1) is 13.4. The first kappa shape index (κ1) is 19.4. The highest BCUT2D eigenvalue weighted by molar-refractivity contribution is 5.84. The quantitative estimate of drug-likeness (QED) is 0.611. The number of aryl methyl sites for hydroxylation is 1. The van der Waals surface area contributed by atoms with Crippen molar-refractivity contribution in [2.24, 2.45) is 0 Å². The minimum Gasteiger partial charge on any atom is -0.496 e. The highest BCUT2D eigenvalue weighted by Gasteiger charge is 2.15. The fraction of sp³-hybridized carbons (Fsp3) is 0.318. The summed E-state index contributed by atoms with van der Waals surface area (Å²) in [7, 11) is 1.59. The lowest BCUT2D eigenvalue weighted by Gasteiger charge is -2.11. The molecule has 3 rings (SSSR count). The summed E-state index contributed by atoms with van der Waals surface area (Å²) in [6.45, 7) is 6.01. The number of aromatic nitrogens is 2. The summed E-state index contributed by atoms with van der Waals surface area (Å²) in [4.78, 5) is 12.0. The number of hydrogen-bond acceptors (Lipinski definition) is 5. The van der Waals surface area contributed by atoms with Gasteiger partial charge < -0.3 is 9.47 Å². The lowest BCUT2D eigenvalue weighted by Crippen LogP contribution is -2.13. The minimum atomic E-state index is -0.256. The third-order valence-corrected chi connectivity index (χ3v) is 4.50. The standard InChI is InChI=1S/C22H23N3O3/c1-14(2)28-22(26)11-16-8-9-18-15(3)24-25(20(18)10-16)13-19-17(12-23)6-5-7-21(19)27-4/h5-10,14H,11,13H2,1-4H3. The smallest absolute Gasteiger partial charge is 0.310 e. The Morgan fingerprint density at radius 3 is 2.75 bits per heavy atom. The Morgan fingerprint density at radius 1 is 1.29 bits per heavy atom. The van der Waals surface area contributed by atoms with Gasteiger partial charge in [0.05, 0.1) is 49.0 Å². The molecule has 0 spiro atoms. The van der Waals surface area contributed by atoms with Crippen molar-refractivity contribution in [1.29, 1.82) is 5.26 Å². The van der Waals surface area contributed by atoms with E-state index in [1.165, 1.54) is 0 Å². The average Bonchev–Trinajstić information content (AvgIpc) is 2.96. The summed E-state index contributed by atoms with van der Waals surface area (Å²) >= 11 is 0. The van der Waals surface area contributed by atoms with Crippen molar-refractivity contribution >= 4 is 16.9 Å². The Bertz CT molecular complexity index is 1060. The van der Waals surface area contributed by atoms with Crippen LogP contribution in [0.15, 0.2) is 36.4 Å². The molecule has 0 bridgehead atoms. The number of hydrogen-bond donors (Lipinski definition) is 0. The molecule has 0 aliphatic heterocycles. The van der Waals surface area contributed by atoms with Crippen LogP contribution >= 0.6 is 0 Å². The summed E-state index contributed by atoms with van der Waals surface area (Å²) in [6.07, 6.45) is 0.0650. The Morgan fingerprint density at radius 2 is 2.07 bits per heavy atom. The largest absolute Gasteiger partial charge is 0.496 e. The fourth-order valence-electron chi connectivity index (χ4n) is 3.26. The predicted octanol–water partition coefficient (Wildman–Crippen LogP) is 3.77. The van der Waals surface area contributed by atoms with Gasteiger partial charge in [-0.1, -0.05) is 18.2 Å². The highest BCUT2D eigenvalue weighted by Crippen LogP contribution is 2.26. The molecule has 0 fully saturated rings. The molecule has 28 heavy (non-hydrogen) atoms. The van der Waals surface area contributed by atoms with Crippen molar-refractivity contribution in [2.75, 3.05) is 7.11 Å². The summed E-state index contributed by atoms with van der Waals surface area (Å²) in [5.41, 5.74) is 3.99. The van der Waals surface area contributed by atoms with Crippen LogP contribution in [-0.4, -0.2) is 29.0 Å². The maximum Gasteiger partial charge on any atom is 0.310 e. The molecule has 0 amide bonds. The van der Waals surface area contributed by atoms with Crippen LogP contribution in [0.2, 0.25) is 0 Å². The summed E-state index contributed by atoms with van der Waals surface area (Å²) in [5.74, 6) is 0.394. The summed E-state index contributed by atoms with van der Waals surface area (Å²) in [6, 6.07) is 13.5. The Kier molecular flexibility index (Phi) is 5.65. The minimum absolute atomic E-state index is 0.140. The van der Waals surface area contributed by atoms with Crippen molar-refractivity contribution in [3.63, 3.8) is 0 Å². The average molecular weight is 377 g/mol. The second-order valence-corrected chi connectivity index (χ2v) is 6.91. The molecule has 0 saturated heterocycles. The van der Waals surface area contributed by atoms with Gasteiger partial charge in [0.25, 0.3) is 0 Å². The van der Waals surface area contributed by atoms with E-state index < -0.39 is 0 Å². The molecule has 0 N–H and O–H groups in total. The third kappa shape index (κ3) is 3.99. The maximum atomic E-state index is 12.0. The zero-order chi connectivity index (χ0) is 20.3. The Hall–Kier alpha value is -3.33. The molecule has 3 aromatic rings. The van der Waals surface area contributed by atoms with Gasteiger partial charge in [-0.25, -0.2) is 0 Å². The lowest BCUT2D eigenvalue weighted by molar-refractivity contribution is -0.146. The van der Waals surface area contributed by atoms with E-state index in [-0.39, 0.29) is 18.5 Å². The van der Waals surface area contributed by atoms with E-state index in [9.17, 15) is 10.1 Å². The normalized spacial score (nSPS) is 10.9. The summed E-state index contributed by atoms with van der Waals surface area (Å²) in [5, 5.41) is 15.1. The Balaban J connectivity index is 2.00. The molecule has 0 unspecified atom stereocenters. The van der Waals surface area contributed by atoms with Crippen molar-refractivity contribution in [3.05, 3.63) is 58.8 Å². The number of nitrogens with zero attached hydrogens (tertiary/aromatic N) is 3. The van der Waals surface area contributed by atoms with Gasteiger partial charge in [0.1, 0.15) is 5.75 Å². The van der Waals surface area contributed by atoms with Gasteiger partial charge >= 0.3 is 5.97 Å². The van der Waals surface area contributed by atoms with Gasteiger partial charge in [0.15, 0.2) is 0 Å². The third-order valence-electron chi connectivity index (χ3n) is 4.50. The van der Waals surface area contributed by atoms with E-state index in [0.717, 1.165) is 27.7 Å². The number of fused-ring (bicyclic) bond motifs is 1. The van der Waals surface area contributed by atoms with Crippen LogP contribution in [0.5, 0.6) is 5.75 Å². The van der Waals surface area contributed by atoms with E-state index in [4.69, 9.17) is 9.47 Å². The molecule has 1 heterocycles. The van der Waals surface area contributed by atoms with Crippen LogP contribution in [0.4, 0.5) is 0 Å². The number of esters is 1. The van der Waals surface area contributed by atoms with Crippen molar-refractivity contribution < 1.29 is 14.3 Å². The van der Waals surface area contributed by atoms with Crippen molar-refractivity contribution in [3.8, 4) is 11.8 Å². The second kappa shape index (κ2) is 8.13. The number of rotatable bonds is 6. The van der Waals surface area contributed by atoms with Crippen LogP contribution in [0.25, 0.3) is 10.9 Å². The second-order valence-electron chi connectivity index (χ2n) is 6.91. The molecular formula is C22H23N3O3. The molecule has 6 heteroatoms.